The van der Waals surface area contributed by atoms with E-state index in [1.807, 2.05) is 0 Å². The van der Waals surface area contributed by atoms with Crippen molar-refractivity contribution in [2.45, 2.75) is 19.4 Å². The van der Waals surface area contributed by atoms with Crippen molar-refractivity contribution in [3.8, 4) is 0 Å². The number of nitrogens with zero attached hydrogens (tertiary/aromatic N) is 1. The van der Waals surface area contributed by atoms with Gasteiger partial charge in [-0.05, 0) is 37.1 Å². The van der Waals surface area contributed by atoms with Gasteiger partial charge in [0, 0.05) is 18.8 Å². The average molecular weight is 255 g/mol. The number of nitrogens with one attached hydrogen (secondary N) is 1. The van der Waals surface area contributed by atoms with Crippen molar-refractivity contribution >= 4 is 23.6 Å². The minimum atomic E-state index is -0.404. The van der Waals surface area contributed by atoms with Crippen LogP contribution in [0.5, 0.6) is 0 Å². The number of hydrogen-bond donors (Lipinski definition) is 2. The predicted octanol–water partition coefficient (Wildman–Crippen LogP) is 1.64. The molecule has 0 aromatic carbocycles. The van der Waals surface area contributed by atoms with Gasteiger partial charge >= 0.3 is 0 Å². The molecule has 4 nitrogen and oxygen atoms in total. The zero-order valence-electron chi connectivity index (χ0n) is 9.56. The van der Waals surface area contributed by atoms with Crippen molar-refractivity contribution in [2.24, 2.45) is 0 Å². The molecule has 5 heteroatoms. The lowest BCUT2D eigenvalue weighted by Crippen LogP contribution is -2.24. The van der Waals surface area contributed by atoms with Crippen LogP contribution in [0.4, 0.5) is 0 Å². The topological polar surface area (TPSA) is 62.2 Å². The van der Waals surface area contributed by atoms with Crippen molar-refractivity contribution in [3.05, 3.63) is 35.1 Å². The van der Waals surface area contributed by atoms with Crippen LogP contribution in [0.15, 0.2) is 24.4 Å². The first-order chi connectivity index (χ1) is 8.08. The van der Waals surface area contributed by atoms with Crippen molar-refractivity contribution in [1.29, 1.82) is 0 Å². The molecule has 1 heterocycles. The summed E-state index contributed by atoms with van der Waals surface area (Å²) in [5.41, 5.74) is 0.815. The van der Waals surface area contributed by atoms with Crippen LogP contribution < -0.4 is 5.32 Å². The second kappa shape index (κ2) is 7.04. The van der Waals surface area contributed by atoms with E-state index in [9.17, 15) is 4.79 Å². The molecule has 0 aliphatic carbocycles. The highest BCUT2D eigenvalue weighted by Crippen LogP contribution is 2.08. The Morgan fingerprint density at radius 3 is 3.12 bits per heavy atom. The molecule has 2 N–H and O–H groups in total. The van der Waals surface area contributed by atoms with Gasteiger partial charge in [-0.25, -0.2) is 4.98 Å². The second-order valence-electron chi connectivity index (χ2n) is 3.67. The summed E-state index contributed by atoms with van der Waals surface area (Å²) in [6, 6.07) is 3.42. The zero-order chi connectivity index (χ0) is 12.7. The Morgan fingerprint density at radius 1 is 1.71 bits per heavy atom. The Balaban J connectivity index is 2.40. The van der Waals surface area contributed by atoms with Crippen LogP contribution in [0.25, 0.3) is 6.08 Å². The molecule has 0 radical (unpaired) electrons. The monoisotopic (exact) mass is 254 g/mol. The maximum Gasteiger partial charge on any atom is 0.244 e. The van der Waals surface area contributed by atoms with Gasteiger partial charge in [-0.1, -0.05) is 11.6 Å². The highest BCUT2D eigenvalue weighted by atomic mass is 35.5. The average Bonchev–Trinajstić information content (AvgIpc) is 2.26. The van der Waals surface area contributed by atoms with E-state index in [1.165, 1.54) is 6.08 Å². The zero-order valence-corrected chi connectivity index (χ0v) is 10.3. The van der Waals surface area contributed by atoms with E-state index in [-0.39, 0.29) is 5.91 Å². The fraction of sp³-hybridized carbons (Fsp3) is 0.333. The molecule has 0 aliphatic heterocycles. The molecule has 0 bridgehead atoms. The van der Waals surface area contributed by atoms with Crippen LogP contribution in [-0.2, 0) is 4.79 Å². The predicted molar refractivity (Wildman–Crippen MR) is 67.6 cm³/mol. The molecular weight excluding hydrogens is 240 g/mol. The first kappa shape index (κ1) is 13.7. The Hall–Kier alpha value is -1.39. The maximum absolute atomic E-state index is 11.4. The highest BCUT2D eigenvalue weighted by molar-refractivity contribution is 6.29. The van der Waals surface area contributed by atoms with Crippen molar-refractivity contribution in [1.82, 2.24) is 10.3 Å². The summed E-state index contributed by atoms with van der Waals surface area (Å²) in [5.74, 6) is -0.196. The molecule has 0 saturated carbocycles. The number of aliphatic hydroxyl groups is 1. The molecule has 1 rings (SSSR count). The lowest BCUT2D eigenvalue weighted by atomic mass is 10.2. The Morgan fingerprint density at radius 2 is 2.47 bits per heavy atom. The summed E-state index contributed by atoms with van der Waals surface area (Å²) in [6.45, 7) is 2.14. The highest BCUT2D eigenvalue weighted by Gasteiger charge is 1.98. The van der Waals surface area contributed by atoms with Crippen molar-refractivity contribution < 1.29 is 9.90 Å². The Bertz CT molecular complexity index is 405. The summed E-state index contributed by atoms with van der Waals surface area (Å²) >= 11 is 5.71. The van der Waals surface area contributed by atoms with E-state index in [0.717, 1.165) is 5.56 Å². The summed E-state index contributed by atoms with van der Waals surface area (Å²) < 4.78 is 0. The van der Waals surface area contributed by atoms with Gasteiger partial charge in [-0.15, -0.1) is 0 Å². The molecule has 0 aliphatic rings. The normalized spacial score (nSPS) is 12.6. The Labute approximate surface area is 105 Å². The molecule has 92 valence electrons. The van der Waals surface area contributed by atoms with E-state index in [0.29, 0.717) is 18.1 Å². The van der Waals surface area contributed by atoms with Gasteiger partial charge in [0.1, 0.15) is 5.15 Å². The second-order valence-corrected chi connectivity index (χ2v) is 4.06. The summed E-state index contributed by atoms with van der Waals surface area (Å²) in [7, 11) is 0. The third-order valence-corrected chi connectivity index (χ3v) is 2.25. The fourth-order valence-corrected chi connectivity index (χ4v) is 1.34. The van der Waals surface area contributed by atoms with E-state index in [1.54, 1.807) is 31.3 Å². The fourth-order valence-electron chi connectivity index (χ4n) is 1.16. The van der Waals surface area contributed by atoms with Crippen LogP contribution in [0.1, 0.15) is 18.9 Å². The summed E-state index contributed by atoms with van der Waals surface area (Å²) in [6.07, 6.45) is 4.80. The minimum absolute atomic E-state index is 0.196. The molecule has 1 unspecified atom stereocenters. The number of carbonyl (C=O) groups is 1. The van der Waals surface area contributed by atoms with Gasteiger partial charge in [0.25, 0.3) is 0 Å². The molecule has 1 atom stereocenters. The van der Waals surface area contributed by atoms with Crippen LogP contribution in [0.3, 0.4) is 0 Å². The van der Waals surface area contributed by atoms with Crippen LogP contribution in [0, 0.1) is 0 Å². The largest absolute Gasteiger partial charge is 0.393 e. The minimum Gasteiger partial charge on any atom is -0.393 e. The van der Waals surface area contributed by atoms with Gasteiger partial charge in [0.15, 0.2) is 0 Å². The van der Waals surface area contributed by atoms with E-state index < -0.39 is 6.10 Å². The molecule has 0 spiro atoms. The van der Waals surface area contributed by atoms with Gasteiger partial charge < -0.3 is 10.4 Å². The van der Waals surface area contributed by atoms with Gasteiger partial charge in [-0.2, -0.15) is 0 Å². The van der Waals surface area contributed by atoms with Crippen LogP contribution >= 0.6 is 11.6 Å². The van der Waals surface area contributed by atoms with Crippen molar-refractivity contribution in [2.75, 3.05) is 6.54 Å². The number of amides is 1. The molecule has 17 heavy (non-hydrogen) atoms. The lowest BCUT2D eigenvalue weighted by Gasteiger charge is -2.03. The van der Waals surface area contributed by atoms with E-state index in [2.05, 4.69) is 10.3 Å². The summed E-state index contributed by atoms with van der Waals surface area (Å²) in [5, 5.41) is 12.1. The Kier molecular flexibility index (Phi) is 5.66. The number of hydrogen-bond acceptors (Lipinski definition) is 3. The SMILES string of the molecule is CC(O)CCNC(=O)/C=C/c1ccnc(Cl)c1. The molecule has 0 fully saturated rings. The summed E-state index contributed by atoms with van der Waals surface area (Å²) in [4.78, 5) is 15.2. The maximum atomic E-state index is 11.4. The number of aromatic nitrogens is 1. The smallest absolute Gasteiger partial charge is 0.244 e. The molecule has 1 aromatic heterocycles. The first-order valence-corrected chi connectivity index (χ1v) is 5.71. The van der Waals surface area contributed by atoms with Gasteiger partial charge in [-0.3, -0.25) is 4.79 Å². The van der Waals surface area contributed by atoms with Crippen molar-refractivity contribution in [3.63, 3.8) is 0 Å². The third-order valence-electron chi connectivity index (χ3n) is 2.04. The first-order valence-electron chi connectivity index (χ1n) is 5.33. The number of aliphatic hydroxyl groups excluding tert-OH is 1. The van der Waals surface area contributed by atoms with E-state index >= 15 is 0 Å². The van der Waals surface area contributed by atoms with E-state index in [4.69, 9.17) is 16.7 Å². The quantitative estimate of drug-likeness (QED) is 0.620. The van der Waals surface area contributed by atoms with Crippen LogP contribution in [-0.4, -0.2) is 28.6 Å². The van der Waals surface area contributed by atoms with Gasteiger partial charge in [0.2, 0.25) is 5.91 Å². The lowest BCUT2D eigenvalue weighted by molar-refractivity contribution is -0.116. The molecule has 1 amide bonds. The standard InChI is InChI=1S/C12H15ClN2O2/c1-9(16)4-6-15-12(17)3-2-10-5-7-14-11(13)8-10/h2-3,5,7-9,16H,4,6H2,1H3,(H,15,17)/b3-2+. The molecular formula is C12H15ClN2O2. The molecule has 1 aromatic rings. The third kappa shape index (κ3) is 6.04. The number of halogens is 1. The number of rotatable bonds is 5. The van der Waals surface area contributed by atoms with Gasteiger partial charge in [0.05, 0.1) is 6.10 Å². The molecule has 0 saturated heterocycles. The number of pyridine rings is 1. The van der Waals surface area contributed by atoms with Crippen LogP contribution in [0.2, 0.25) is 5.15 Å². The number of carbonyl (C=O) groups excluding carboxylic acids is 1.